The van der Waals surface area contributed by atoms with Gasteiger partial charge in [0.1, 0.15) is 5.75 Å². The molecule has 1 aliphatic carbocycles. The molecule has 0 radical (unpaired) electrons. The SMILES string of the molecule is CCCCCOc1ccc(NC(=S)NC(=O)c2cccc3c2-c2ccccc2C3=O)cc1. The Kier molecular flexibility index (Phi) is 6.61. The van der Waals surface area contributed by atoms with Crippen LogP contribution in [-0.4, -0.2) is 23.4 Å². The van der Waals surface area contributed by atoms with E-state index in [1.54, 1.807) is 24.3 Å². The van der Waals surface area contributed by atoms with Crippen molar-refractivity contribution in [1.29, 1.82) is 0 Å². The van der Waals surface area contributed by atoms with Crippen molar-refractivity contribution in [2.75, 3.05) is 11.9 Å². The average molecular weight is 445 g/mol. The molecule has 162 valence electrons. The van der Waals surface area contributed by atoms with Crippen molar-refractivity contribution in [3.05, 3.63) is 83.4 Å². The summed E-state index contributed by atoms with van der Waals surface area (Å²) in [4.78, 5) is 25.6. The number of thiocarbonyl (C=S) groups is 1. The molecule has 2 N–H and O–H groups in total. The number of carbonyl (C=O) groups excluding carboxylic acids is 2. The van der Waals surface area contributed by atoms with Crippen molar-refractivity contribution in [2.45, 2.75) is 26.2 Å². The molecule has 0 saturated carbocycles. The Morgan fingerprint density at radius 3 is 2.38 bits per heavy atom. The fourth-order valence-electron chi connectivity index (χ4n) is 3.77. The molecule has 0 bridgehead atoms. The summed E-state index contributed by atoms with van der Waals surface area (Å²) >= 11 is 5.33. The molecule has 6 heteroatoms. The smallest absolute Gasteiger partial charge is 0.258 e. The van der Waals surface area contributed by atoms with Gasteiger partial charge in [-0.15, -0.1) is 0 Å². The minimum atomic E-state index is -0.361. The molecule has 5 nitrogen and oxygen atoms in total. The number of nitrogens with one attached hydrogen (secondary N) is 2. The molecule has 3 aromatic carbocycles. The highest BCUT2D eigenvalue weighted by molar-refractivity contribution is 7.80. The molecular weight excluding hydrogens is 420 g/mol. The number of hydrogen-bond acceptors (Lipinski definition) is 4. The lowest BCUT2D eigenvalue weighted by Gasteiger charge is -2.13. The van der Waals surface area contributed by atoms with Gasteiger partial charge in [-0.1, -0.05) is 56.2 Å². The van der Waals surface area contributed by atoms with Gasteiger partial charge in [0.2, 0.25) is 0 Å². The van der Waals surface area contributed by atoms with Crippen molar-refractivity contribution in [2.24, 2.45) is 0 Å². The highest BCUT2D eigenvalue weighted by Crippen LogP contribution is 2.38. The van der Waals surface area contributed by atoms with Crippen molar-refractivity contribution in [3.8, 4) is 16.9 Å². The molecule has 0 aromatic heterocycles. The molecule has 3 aromatic rings. The number of unbranched alkanes of at least 4 members (excludes halogenated alkanes) is 2. The molecule has 0 unspecified atom stereocenters. The van der Waals surface area contributed by atoms with Gasteiger partial charge in [-0.2, -0.15) is 0 Å². The van der Waals surface area contributed by atoms with Crippen LogP contribution in [0.15, 0.2) is 66.7 Å². The third kappa shape index (κ3) is 4.55. The molecular formula is C26H24N2O3S. The molecule has 32 heavy (non-hydrogen) atoms. The topological polar surface area (TPSA) is 67.4 Å². The Morgan fingerprint density at radius 1 is 0.906 bits per heavy atom. The van der Waals surface area contributed by atoms with E-state index in [0.717, 1.165) is 36.3 Å². The Hall–Kier alpha value is -3.51. The van der Waals surface area contributed by atoms with Crippen molar-refractivity contribution in [3.63, 3.8) is 0 Å². The Labute approximate surface area is 192 Å². The first kappa shape index (κ1) is 21.7. The number of ketones is 1. The fourth-order valence-corrected chi connectivity index (χ4v) is 3.99. The quantitative estimate of drug-likeness (QED) is 0.287. The lowest BCUT2D eigenvalue weighted by molar-refractivity contribution is 0.0978. The first-order valence-electron chi connectivity index (χ1n) is 10.7. The fraction of sp³-hybridized carbons (Fsp3) is 0.192. The van der Waals surface area contributed by atoms with E-state index in [4.69, 9.17) is 17.0 Å². The number of amides is 1. The average Bonchev–Trinajstić information content (AvgIpc) is 3.10. The van der Waals surface area contributed by atoms with E-state index < -0.39 is 0 Å². The van der Waals surface area contributed by atoms with E-state index in [-0.39, 0.29) is 16.8 Å². The van der Waals surface area contributed by atoms with Gasteiger partial charge < -0.3 is 10.1 Å². The Morgan fingerprint density at radius 2 is 1.62 bits per heavy atom. The van der Waals surface area contributed by atoms with Crippen LogP contribution in [0.2, 0.25) is 0 Å². The van der Waals surface area contributed by atoms with E-state index in [1.165, 1.54) is 0 Å². The van der Waals surface area contributed by atoms with Crippen LogP contribution in [0.1, 0.15) is 52.5 Å². The number of rotatable bonds is 7. The van der Waals surface area contributed by atoms with Crippen LogP contribution in [0.4, 0.5) is 5.69 Å². The lowest BCUT2D eigenvalue weighted by atomic mass is 9.99. The molecule has 0 atom stereocenters. The molecule has 1 aliphatic rings. The molecule has 0 heterocycles. The second kappa shape index (κ2) is 9.75. The number of hydrogen-bond donors (Lipinski definition) is 2. The monoisotopic (exact) mass is 444 g/mol. The van der Waals surface area contributed by atoms with Crippen LogP contribution in [0.25, 0.3) is 11.1 Å². The van der Waals surface area contributed by atoms with Gasteiger partial charge in [0, 0.05) is 27.9 Å². The second-order valence-corrected chi connectivity index (χ2v) is 8.00. The van der Waals surface area contributed by atoms with Gasteiger partial charge in [-0.25, -0.2) is 0 Å². The molecule has 0 fully saturated rings. The summed E-state index contributed by atoms with van der Waals surface area (Å²) in [6.45, 7) is 2.85. The minimum absolute atomic E-state index is 0.0667. The molecule has 0 spiro atoms. The van der Waals surface area contributed by atoms with E-state index in [9.17, 15) is 9.59 Å². The van der Waals surface area contributed by atoms with Gasteiger partial charge in [-0.05, 0) is 54.5 Å². The largest absolute Gasteiger partial charge is 0.494 e. The Bertz CT molecular complexity index is 1170. The third-order valence-corrected chi connectivity index (χ3v) is 5.55. The number of ether oxygens (including phenoxy) is 1. The first-order valence-corrected chi connectivity index (χ1v) is 11.1. The van der Waals surface area contributed by atoms with E-state index in [2.05, 4.69) is 17.6 Å². The zero-order valence-electron chi connectivity index (χ0n) is 17.8. The number of benzene rings is 3. The summed E-state index contributed by atoms with van der Waals surface area (Å²) in [6.07, 6.45) is 3.34. The van der Waals surface area contributed by atoms with E-state index in [1.807, 2.05) is 42.5 Å². The van der Waals surface area contributed by atoms with Crippen LogP contribution < -0.4 is 15.4 Å². The zero-order chi connectivity index (χ0) is 22.5. The van der Waals surface area contributed by atoms with Crippen molar-refractivity contribution >= 4 is 34.7 Å². The molecule has 0 saturated heterocycles. The maximum Gasteiger partial charge on any atom is 0.258 e. The van der Waals surface area contributed by atoms with Gasteiger partial charge in [-0.3, -0.25) is 14.9 Å². The summed E-state index contributed by atoms with van der Waals surface area (Å²) in [5.41, 5.74) is 3.73. The van der Waals surface area contributed by atoms with E-state index in [0.29, 0.717) is 28.9 Å². The maximum absolute atomic E-state index is 13.0. The predicted molar refractivity (Wildman–Crippen MR) is 130 cm³/mol. The second-order valence-electron chi connectivity index (χ2n) is 7.59. The van der Waals surface area contributed by atoms with Crippen LogP contribution >= 0.6 is 12.2 Å². The van der Waals surface area contributed by atoms with Crippen molar-refractivity contribution in [1.82, 2.24) is 5.32 Å². The van der Waals surface area contributed by atoms with Gasteiger partial charge in [0.15, 0.2) is 10.9 Å². The molecule has 0 aliphatic heterocycles. The normalized spacial score (nSPS) is 11.5. The highest BCUT2D eigenvalue weighted by Gasteiger charge is 2.30. The number of carbonyl (C=O) groups is 2. The summed E-state index contributed by atoms with van der Waals surface area (Å²) < 4.78 is 5.71. The Balaban J connectivity index is 1.42. The van der Waals surface area contributed by atoms with Crippen LogP contribution in [0, 0.1) is 0 Å². The van der Waals surface area contributed by atoms with Gasteiger partial charge in [0.25, 0.3) is 5.91 Å². The van der Waals surface area contributed by atoms with E-state index >= 15 is 0 Å². The molecule has 4 rings (SSSR count). The summed E-state index contributed by atoms with van der Waals surface area (Å²) in [5, 5.41) is 5.92. The van der Waals surface area contributed by atoms with Crippen LogP contribution in [0.5, 0.6) is 5.75 Å². The lowest BCUT2D eigenvalue weighted by Crippen LogP contribution is -2.34. The number of fused-ring (bicyclic) bond motifs is 3. The van der Waals surface area contributed by atoms with Gasteiger partial charge in [0.05, 0.1) is 6.61 Å². The standard InChI is InChI=1S/C26H24N2O3S/c1-2-3-6-16-31-18-14-12-17(13-15-18)27-26(32)28-25(30)22-11-7-10-21-23(22)19-8-4-5-9-20(19)24(21)29/h4-5,7-15H,2-3,6,16H2,1H3,(H2,27,28,30,32). The maximum atomic E-state index is 13.0. The molecule has 1 amide bonds. The first-order chi connectivity index (χ1) is 15.6. The van der Waals surface area contributed by atoms with Crippen molar-refractivity contribution < 1.29 is 14.3 Å². The van der Waals surface area contributed by atoms with Crippen LogP contribution in [-0.2, 0) is 0 Å². The number of anilines is 1. The predicted octanol–water partition coefficient (Wildman–Crippen LogP) is 5.59. The summed E-state index contributed by atoms with van der Waals surface area (Å²) in [6, 6.07) is 19.9. The zero-order valence-corrected chi connectivity index (χ0v) is 18.6. The van der Waals surface area contributed by atoms with Crippen LogP contribution in [0.3, 0.4) is 0 Å². The minimum Gasteiger partial charge on any atom is -0.494 e. The summed E-state index contributed by atoms with van der Waals surface area (Å²) in [7, 11) is 0. The summed E-state index contributed by atoms with van der Waals surface area (Å²) in [5.74, 6) is 0.368. The highest BCUT2D eigenvalue weighted by atomic mass is 32.1. The van der Waals surface area contributed by atoms with Gasteiger partial charge >= 0.3 is 0 Å². The third-order valence-electron chi connectivity index (χ3n) is 5.35.